The van der Waals surface area contributed by atoms with E-state index in [1.807, 2.05) is 31.2 Å². The van der Waals surface area contributed by atoms with Crippen molar-refractivity contribution in [3.05, 3.63) is 46.1 Å². The highest BCUT2D eigenvalue weighted by Crippen LogP contribution is 2.25. The van der Waals surface area contributed by atoms with Gasteiger partial charge in [0.2, 0.25) is 11.8 Å². The second kappa shape index (κ2) is 5.30. The van der Waals surface area contributed by atoms with Crippen molar-refractivity contribution in [2.24, 2.45) is 0 Å². The van der Waals surface area contributed by atoms with Crippen molar-refractivity contribution in [1.29, 1.82) is 0 Å². The number of benzene rings is 1. The van der Waals surface area contributed by atoms with Crippen LogP contribution in [-0.4, -0.2) is 21.9 Å². The Hall–Kier alpha value is -2.70. The van der Waals surface area contributed by atoms with Gasteiger partial charge >= 0.3 is 5.69 Å². The third kappa shape index (κ3) is 2.95. The maximum Gasteiger partial charge on any atom is 0.329 e. The molecule has 0 spiro atoms. The van der Waals surface area contributed by atoms with Gasteiger partial charge in [-0.15, -0.1) is 0 Å². The summed E-state index contributed by atoms with van der Waals surface area (Å²) in [6, 6.07) is 7.50. The summed E-state index contributed by atoms with van der Waals surface area (Å²) >= 11 is 0. The second-order valence-electron chi connectivity index (χ2n) is 3.93. The fraction of sp³-hybridized carbons (Fsp3) is 0.167. The SMILES string of the molecule is CNc1ncc([N+](=O)[O-])c(Nc2cccc(C)c2)n1. The monoisotopic (exact) mass is 259 g/mol. The summed E-state index contributed by atoms with van der Waals surface area (Å²) in [5.74, 6) is 0.482. The first kappa shape index (κ1) is 12.7. The second-order valence-corrected chi connectivity index (χ2v) is 3.93. The molecule has 0 saturated carbocycles. The summed E-state index contributed by atoms with van der Waals surface area (Å²) in [4.78, 5) is 18.3. The molecule has 1 heterocycles. The lowest BCUT2D eigenvalue weighted by atomic mass is 10.2. The van der Waals surface area contributed by atoms with Gasteiger partial charge in [-0.25, -0.2) is 4.98 Å². The van der Waals surface area contributed by atoms with E-state index in [2.05, 4.69) is 20.6 Å². The summed E-state index contributed by atoms with van der Waals surface area (Å²) in [7, 11) is 1.65. The van der Waals surface area contributed by atoms with E-state index < -0.39 is 4.92 Å². The van der Waals surface area contributed by atoms with E-state index >= 15 is 0 Å². The van der Waals surface area contributed by atoms with Gasteiger partial charge in [0.1, 0.15) is 6.20 Å². The van der Waals surface area contributed by atoms with Gasteiger partial charge in [-0.3, -0.25) is 10.1 Å². The first-order valence-corrected chi connectivity index (χ1v) is 5.63. The molecule has 0 saturated heterocycles. The van der Waals surface area contributed by atoms with Crippen molar-refractivity contribution < 1.29 is 4.92 Å². The third-order valence-corrected chi connectivity index (χ3v) is 2.47. The molecule has 0 bridgehead atoms. The smallest absolute Gasteiger partial charge is 0.329 e. The molecule has 0 radical (unpaired) electrons. The summed E-state index contributed by atoms with van der Waals surface area (Å²) in [6.45, 7) is 1.94. The number of nitro groups is 1. The summed E-state index contributed by atoms with van der Waals surface area (Å²) in [6.07, 6.45) is 1.18. The van der Waals surface area contributed by atoms with E-state index in [1.165, 1.54) is 6.20 Å². The molecule has 2 rings (SSSR count). The van der Waals surface area contributed by atoms with Gasteiger partial charge < -0.3 is 10.6 Å². The number of aryl methyl sites for hydroxylation is 1. The van der Waals surface area contributed by atoms with E-state index in [9.17, 15) is 10.1 Å². The average molecular weight is 259 g/mol. The zero-order valence-corrected chi connectivity index (χ0v) is 10.5. The van der Waals surface area contributed by atoms with Crippen LogP contribution in [0.5, 0.6) is 0 Å². The Morgan fingerprint density at radius 3 is 2.79 bits per heavy atom. The Morgan fingerprint density at radius 2 is 2.16 bits per heavy atom. The molecule has 0 aliphatic rings. The minimum atomic E-state index is -0.516. The van der Waals surface area contributed by atoms with Gasteiger partial charge in [0.25, 0.3) is 0 Å². The molecular weight excluding hydrogens is 246 g/mol. The number of hydrogen-bond donors (Lipinski definition) is 2. The fourth-order valence-electron chi connectivity index (χ4n) is 1.58. The van der Waals surface area contributed by atoms with Gasteiger partial charge in [-0.1, -0.05) is 12.1 Å². The fourth-order valence-corrected chi connectivity index (χ4v) is 1.58. The predicted octanol–water partition coefficient (Wildman–Crippen LogP) is 2.48. The van der Waals surface area contributed by atoms with Crippen LogP contribution < -0.4 is 10.6 Å². The molecule has 7 nitrogen and oxygen atoms in total. The number of anilines is 3. The average Bonchev–Trinajstić information content (AvgIpc) is 2.38. The third-order valence-electron chi connectivity index (χ3n) is 2.47. The van der Waals surface area contributed by atoms with Crippen LogP contribution in [0.3, 0.4) is 0 Å². The summed E-state index contributed by atoms with van der Waals surface area (Å²) in [5.41, 5.74) is 1.62. The highest BCUT2D eigenvalue weighted by Gasteiger charge is 2.17. The van der Waals surface area contributed by atoms with Crippen molar-refractivity contribution in [2.45, 2.75) is 6.92 Å². The van der Waals surface area contributed by atoms with Crippen molar-refractivity contribution in [3.63, 3.8) is 0 Å². The lowest BCUT2D eigenvalue weighted by molar-refractivity contribution is -0.384. The summed E-state index contributed by atoms with van der Waals surface area (Å²) in [5, 5.41) is 16.6. The number of hydrogen-bond acceptors (Lipinski definition) is 6. The van der Waals surface area contributed by atoms with Gasteiger partial charge in [-0.2, -0.15) is 4.98 Å². The molecule has 2 N–H and O–H groups in total. The minimum Gasteiger partial charge on any atom is -0.357 e. The molecule has 98 valence electrons. The number of nitrogens with one attached hydrogen (secondary N) is 2. The first-order valence-electron chi connectivity index (χ1n) is 5.63. The number of nitrogens with zero attached hydrogens (tertiary/aromatic N) is 3. The van der Waals surface area contributed by atoms with Crippen LogP contribution in [0.4, 0.5) is 23.1 Å². The highest BCUT2D eigenvalue weighted by atomic mass is 16.6. The molecule has 19 heavy (non-hydrogen) atoms. The van der Waals surface area contributed by atoms with Crippen LogP contribution in [0, 0.1) is 17.0 Å². The quantitative estimate of drug-likeness (QED) is 0.647. The highest BCUT2D eigenvalue weighted by molar-refractivity contribution is 5.66. The zero-order valence-electron chi connectivity index (χ0n) is 10.5. The van der Waals surface area contributed by atoms with Gasteiger partial charge in [-0.05, 0) is 24.6 Å². The molecule has 1 aromatic heterocycles. The van der Waals surface area contributed by atoms with Crippen LogP contribution >= 0.6 is 0 Å². The van der Waals surface area contributed by atoms with Gasteiger partial charge in [0, 0.05) is 12.7 Å². The van der Waals surface area contributed by atoms with Crippen LogP contribution in [0.2, 0.25) is 0 Å². The normalized spacial score (nSPS) is 10.0. The van der Waals surface area contributed by atoms with Crippen molar-refractivity contribution in [3.8, 4) is 0 Å². The molecular formula is C12H13N5O2. The topological polar surface area (TPSA) is 93.0 Å². The molecule has 7 heteroatoms. The minimum absolute atomic E-state index is 0.162. The molecule has 0 aliphatic heterocycles. The summed E-state index contributed by atoms with van der Waals surface area (Å²) < 4.78 is 0. The molecule has 2 aromatic rings. The number of aromatic nitrogens is 2. The van der Waals surface area contributed by atoms with E-state index in [4.69, 9.17) is 0 Å². The van der Waals surface area contributed by atoms with Crippen molar-refractivity contribution in [2.75, 3.05) is 17.7 Å². The van der Waals surface area contributed by atoms with E-state index in [0.717, 1.165) is 11.3 Å². The van der Waals surface area contributed by atoms with Gasteiger partial charge in [0.05, 0.1) is 4.92 Å². The van der Waals surface area contributed by atoms with E-state index in [0.29, 0.717) is 5.95 Å². The number of rotatable bonds is 4. The van der Waals surface area contributed by atoms with E-state index in [1.54, 1.807) is 7.05 Å². The Labute approximate surface area is 109 Å². The molecule has 0 atom stereocenters. The molecule has 1 aromatic carbocycles. The molecule has 0 aliphatic carbocycles. The molecule has 0 fully saturated rings. The zero-order chi connectivity index (χ0) is 13.8. The first-order chi connectivity index (χ1) is 9.10. The largest absolute Gasteiger partial charge is 0.357 e. The van der Waals surface area contributed by atoms with Crippen LogP contribution in [0.15, 0.2) is 30.5 Å². The molecule has 0 amide bonds. The van der Waals surface area contributed by atoms with Crippen LogP contribution in [0.1, 0.15) is 5.56 Å². The Morgan fingerprint density at radius 1 is 1.37 bits per heavy atom. The Bertz CT molecular complexity index is 615. The Kier molecular flexibility index (Phi) is 3.56. The predicted molar refractivity (Wildman–Crippen MR) is 72.7 cm³/mol. The van der Waals surface area contributed by atoms with E-state index in [-0.39, 0.29) is 11.5 Å². The van der Waals surface area contributed by atoms with Crippen molar-refractivity contribution in [1.82, 2.24) is 9.97 Å². The van der Waals surface area contributed by atoms with Crippen LogP contribution in [0.25, 0.3) is 0 Å². The van der Waals surface area contributed by atoms with Gasteiger partial charge in [0.15, 0.2) is 0 Å². The van der Waals surface area contributed by atoms with Crippen LogP contribution in [-0.2, 0) is 0 Å². The Balaban J connectivity index is 2.39. The maximum absolute atomic E-state index is 10.9. The molecule has 0 unspecified atom stereocenters. The van der Waals surface area contributed by atoms with Crippen molar-refractivity contribution >= 4 is 23.1 Å². The lowest BCUT2D eigenvalue weighted by Crippen LogP contribution is -2.04. The standard InChI is InChI=1S/C12H13N5O2/c1-8-4-3-5-9(6-8)15-11-10(17(18)19)7-14-12(13-2)16-11/h3-7H,1-2H3,(H2,13,14,15,16). The maximum atomic E-state index is 10.9. The lowest BCUT2D eigenvalue weighted by Gasteiger charge is -2.07.